The Kier molecular flexibility index (Phi) is 9.99. The molecule has 0 aliphatic rings. The van der Waals surface area contributed by atoms with E-state index in [-0.39, 0.29) is 29.8 Å². The van der Waals surface area contributed by atoms with Crippen molar-refractivity contribution in [2.75, 3.05) is 26.1 Å². The van der Waals surface area contributed by atoms with Gasteiger partial charge < -0.3 is 24.8 Å². The van der Waals surface area contributed by atoms with Crippen LogP contribution in [-0.2, 0) is 6.54 Å². The number of anilines is 1. The number of guanidine groups is 1. The SMILES string of the molecule is CCOc1cc(NC(=NC)NCc2ccc(Oc3cccc(F)c3)nc2)ccc1OC.I. The summed E-state index contributed by atoms with van der Waals surface area (Å²) in [7, 11) is 3.30. The number of pyridine rings is 1. The molecule has 3 aromatic rings. The lowest BCUT2D eigenvalue weighted by Gasteiger charge is -2.15. The molecule has 170 valence electrons. The Morgan fingerprint density at radius 2 is 1.94 bits per heavy atom. The molecule has 0 bridgehead atoms. The van der Waals surface area contributed by atoms with Gasteiger partial charge in [0.25, 0.3) is 0 Å². The maximum Gasteiger partial charge on any atom is 0.219 e. The highest BCUT2D eigenvalue weighted by Gasteiger charge is 2.07. The first-order valence-corrected chi connectivity index (χ1v) is 9.78. The third-order valence-electron chi connectivity index (χ3n) is 4.23. The van der Waals surface area contributed by atoms with Crippen molar-refractivity contribution in [3.05, 3.63) is 72.2 Å². The summed E-state index contributed by atoms with van der Waals surface area (Å²) < 4.78 is 29.7. The molecule has 2 N–H and O–H groups in total. The number of ether oxygens (including phenoxy) is 3. The summed E-state index contributed by atoms with van der Waals surface area (Å²) >= 11 is 0. The average Bonchev–Trinajstić information content (AvgIpc) is 2.78. The number of methoxy groups -OCH3 is 1. The molecule has 0 unspecified atom stereocenters. The van der Waals surface area contributed by atoms with Crippen LogP contribution in [0.2, 0.25) is 0 Å². The predicted octanol–water partition coefficient (Wildman–Crippen LogP) is 5.23. The molecule has 0 spiro atoms. The average molecular weight is 552 g/mol. The molecule has 7 nitrogen and oxygen atoms in total. The molecule has 1 aromatic heterocycles. The van der Waals surface area contributed by atoms with Gasteiger partial charge in [-0.1, -0.05) is 12.1 Å². The number of hydrogen-bond donors (Lipinski definition) is 2. The lowest BCUT2D eigenvalue weighted by molar-refractivity contribution is 0.311. The van der Waals surface area contributed by atoms with Gasteiger partial charge in [-0.05, 0) is 36.8 Å². The molecule has 0 aliphatic carbocycles. The molecule has 1 heterocycles. The maximum atomic E-state index is 13.3. The molecule has 0 atom stereocenters. The van der Waals surface area contributed by atoms with Crippen molar-refractivity contribution in [2.24, 2.45) is 4.99 Å². The van der Waals surface area contributed by atoms with Gasteiger partial charge in [-0.2, -0.15) is 0 Å². The van der Waals surface area contributed by atoms with Crippen molar-refractivity contribution in [1.82, 2.24) is 10.3 Å². The molecule has 0 saturated carbocycles. The van der Waals surface area contributed by atoms with Crippen LogP contribution in [0.25, 0.3) is 0 Å². The predicted molar refractivity (Wildman–Crippen MR) is 134 cm³/mol. The first-order valence-electron chi connectivity index (χ1n) is 9.78. The number of rotatable bonds is 8. The summed E-state index contributed by atoms with van der Waals surface area (Å²) in [5, 5.41) is 6.45. The third kappa shape index (κ3) is 7.26. The fraction of sp³-hybridized carbons (Fsp3) is 0.217. The number of aliphatic imine (C=N–C) groups is 1. The van der Waals surface area contributed by atoms with E-state index in [9.17, 15) is 4.39 Å². The van der Waals surface area contributed by atoms with Gasteiger partial charge in [0.05, 0.1) is 13.7 Å². The van der Waals surface area contributed by atoms with E-state index < -0.39 is 0 Å². The standard InChI is InChI=1S/C23H25FN4O3.HI/c1-4-30-21-13-18(9-10-20(21)29-3)28-23(25-2)27-15-16-8-11-22(26-14-16)31-19-7-5-6-17(24)12-19;/h5-14H,4,15H2,1-3H3,(H2,25,27,28);1H. The molecular formula is C23H26FIN4O3. The van der Waals surface area contributed by atoms with E-state index in [1.807, 2.05) is 31.2 Å². The molecule has 0 fully saturated rings. The van der Waals surface area contributed by atoms with Gasteiger partial charge in [-0.15, -0.1) is 24.0 Å². The Labute approximate surface area is 204 Å². The van der Waals surface area contributed by atoms with Gasteiger partial charge in [-0.25, -0.2) is 9.37 Å². The van der Waals surface area contributed by atoms with Crippen LogP contribution in [0.5, 0.6) is 23.1 Å². The number of nitrogens with zero attached hydrogens (tertiary/aromatic N) is 2. The lowest BCUT2D eigenvalue weighted by atomic mass is 10.2. The van der Waals surface area contributed by atoms with Gasteiger partial charge >= 0.3 is 0 Å². The van der Waals surface area contributed by atoms with Crippen LogP contribution in [0, 0.1) is 5.82 Å². The third-order valence-corrected chi connectivity index (χ3v) is 4.23. The zero-order valence-electron chi connectivity index (χ0n) is 18.1. The summed E-state index contributed by atoms with van der Waals surface area (Å²) in [6, 6.07) is 15.1. The smallest absolute Gasteiger partial charge is 0.219 e. The second-order valence-electron chi connectivity index (χ2n) is 6.41. The number of benzene rings is 2. The molecular weight excluding hydrogens is 526 g/mol. The zero-order valence-corrected chi connectivity index (χ0v) is 20.4. The van der Waals surface area contributed by atoms with Crippen LogP contribution >= 0.6 is 24.0 Å². The zero-order chi connectivity index (χ0) is 22.1. The minimum atomic E-state index is -0.359. The van der Waals surface area contributed by atoms with E-state index in [4.69, 9.17) is 14.2 Å². The summed E-state index contributed by atoms with van der Waals surface area (Å²) in [4.78, 5) is 8.51. The molecule has 3 rings (SSSR count). The van der Waals surface area contributed by atoms with Gasteiger partial charge in [0.1, 0.15) is 11.6 Å². The van der Waals surface area contributed by atoms with Crippen molar-refractivity contribution < 1.29 is 18.6 Å². The first kappa shape index (κ1) is 25.2. The van der Waals surface area contributed by atoms with E-state index in [1.54, 1.807) is 38.6 Å². The Morgan fingerprint density at radius 1 is 1.09 bits per heavy atom. The summed E-state index contributed by atoms with van der Waals surface area (Å²) in [5.74, 6) is 2.34. The van der Waals surface area contributed by atoms with E-state index >= 15 is 0 Å². The minimum absolute atomic E-state index is 0. The van der Waals surface area contributed by atoms with E-state index in [1.165, 1.54) is 12.1 Å². The van der Waals surface area contributed by atoms with Gasteiger partial charge in [-0.3, -0.25) is 4.99 Å². The highest BCUT2D eigenvalue weighted by atomic mass is 127. The van der Waals surface area contributed by atoms with Crippen molar-refractivity contribution in [1.29, 1.82) is 0 Å². The number of nitrogens with one attached hydrogen (secondary N) is 2. The van der Waals surface area contributed by atoms with Crippen LogP contribution in [0.4, 0.5) is 10.1 Å². The van der Waals surface area contributed by atoms with Crippen LogP contribution < -0.4 is 24.8 Å². The highest BCUT2D eigenvalue weighted by Crippen LogP contribution is 2.30. The minimum Gasteiger partial charge on any atom is -0.493 e. The highest BCUT2D eigenvalue weighted by molar-refractivity contribution is 14.0. The van der Waals surface area contributed by atoms with Crippen molar-refractivity contribution >= 4 is 35.6 Å². The summed E-state index contributed by atoms with van der Waals surface area (Å²) in [6.45, 7) is 2.96. The maximum absolute atomic E-state index is 13.3. The van der Waals surface area contributed by atoms with Crippen LogP contribution in [0.15, 0.2) is 65.8 Å². The van der Waals surface area contributed by atoms with Crippen LogP contribution in [0.1, 0.15) is 12.5 Å². The largest absolute Gasteiger partial charge is 0.493 e. The Bertz CT molecular complexity index is 1030. The monoisotopic (exact) mass is 552 g/mol. The van der Waals surface area contributed by atoms with E-state index in [0.717, 1.165) is 11.3 Å². The summed E-state index contributed by atoms with van der Waals surface area (Å²) in [5.41, 5.74) is 1.74. The van der Waals surface area contributed by atoms with Gasteiger partial charge in [0, 0.05) is 43.7 Å². The topological polar surface area (TPSA) is 77.0 Å². The fourth-order valence-corrected chi connectivity index (χ4v) is 2.75. The number of aromatic nitrogens is 1. The second-order valence-corrected chi connectivity index (χ2v) is 6.41. The second kappa shape index (κ2) is 12.7. The number of hydrogen-bond acceptors (Lipinski definition) is 5. The van der Waals surface area contributed by atoms with Crippen LogP contribution in [-0.4, -0.2) is 31.7 Å². The molecule has 0 saturated heterocycles. The van der Waals surface area contributed by atoms with Crippen molar-refractivity contribution in [3.63, 3.8) is 0 Å². The van der Waals surface area contributed by atoms with E-state index in [2.05, 4.69) is 20.6 Å². The normalized spacial score (nSPS) is 10.7. The lowest BCUT2D eigenvalue weighted by Crippen LogP contribution is -2.30. The van der Waals surface area contributed by atoms with Gasteiger partial charge in [0.15, 0.2) is 17.5 Å². The fourth-order valence-electron chi connectivity index (χ4n) is 2.75. The Balaban J connectivity index is 0.00000363. The molecule has 2 aromatic carbocycles. The number of halogens is 2. The van der Waals surface area contributed by atoms with Crippen molar-refractivity contribution in [2.45, 2.75) is 13.5 Å². The molecule has 32 heavy (non-hydrogen) atoms. The van der Waals surface area contributed by atoms with Crippen molar-refractivity contribution in [3.8, 4) is 23.1 Å². The molecule has 0 radical (unpaired) electrons. The van der Waals surface area contributed by atoms with Gasteiger partial charge in [0.2, 0.25) is 5.88 Å². The first-order chi connectivity index (χ1) is 15.1. The van der Waals surface area contributed by atoms with E-state index in [0.29, 0.717) is 42.2 Å². The Hall–Kier alpha value is -3.08. The molecule has 9 heteroatoms. The summed E-state index contributed by atoms with van der Waals surface area (Å²) in [6.07, 6.45) is 1.69. The molecule has 0 amide bonds. The van der Waals surface area contributed by atoms with Crippen LogP contribution in [0.3, 0.4) is 0 Å². The molecule has 0 aliphatic heterocycles. The quantitative estimate of drug-likeness (QED) is 0.227. The Morgan fingerprint density at radius 3 is 2.59 bits per heavy atom.